The average Bonchev–Trinajstić information content (AvgIpc) is 3.02. The number of hydrogen-bond acceptors (Lipinski definition) is 2. The maximum absolute atomic E-state index is 3.65. The van der Waals surface area contributed by atoms with Crippen molar-refractivity contribution in [3.8, 4) is 0 Å². The van der Waals surface area contributed by atoms with Crippen molar-refractivity contribution in [2.75, 3.05) is 6.54 Å². The summed E-state index contributed by atoms with van der Waals surface area (Å²) in [5.74, 6) is 1.05. The average molecular weight is 180 g/mol. The van der Waals surface area contributed by atoms with Gasteiger partial charge in [0.15, 0.2) is 0 Å². The van der Waals surface area contributed by atoms with Gasteiger partial charge in [0.05, 0.1) is 0 Å². The van der Waals surface area contributed by atoms with E-state index in [-0.39, 0.29) is 0 Å². The van der Waals surface area contributed by atoms with Crippen molar-refractivity contribution >= 4 is 0 Å². The van der Waals surface area contributed by atoms with Gasteiger partial charge in [-0.3, -0.25) is 5.43 Å². The quantitative estimate of drug-likeness (QED) is 0.698. The third kappa shape index (κ3) is 1.75. The molecule has 1 aliphatic heterocycles. The molecule has 1 saturated heterocycles. The Hall–Kier alpha value is -0.0800. The number of rotatable bonds is 2. The Bertz CT molecular complexity index is 165. The Morgan fingerprint density at radius 2 is 1.77 bits per heavy atom. The zero-order valence-electron chi connectivity index (χ0n) is 8.34. The maximum Gasteiger partial charge on any atom is 0.0274 e. The topological polar surface area (TPSA) is 15.3 Å². The lowest BCUT2D eigenvalue weighted by molar-refractivity contribution is 0.106. The Kier molecular flexibility index (Phi) is 2.06. The van der Waals surface area contributed by atoms with Crippen LogP contribution in [0.1, 0.15) is 44.9 Å². The first-order valence-electron chi connectivity index (χ1n) is 5.97. The monoisotopic (exact) mass is 180 g/mol. The lowest BCUT2D eigenvalue weighted by Crippen LogP contribution is -2.47. The zero-order valence-corrected chi connectivity index (χ0v) is 8.34. The van der Waals surface area contributed by atoms with Crippen molar-refractivity contribution in [3.05, 3.63) is 0 Å². The van der Waals surface area contributed by atoms with Crippen LogP contribution in [0, 0.1) is 5.92 Å². The Morgan fingerprint density at radius 3 is 2.46 bits per heavy atom. The first kappa shape index (κ1) is 8.25. The number of hydrogen-bond donors (Lipinski definition) is 1. The molecule has 3 fully saturated rings. The van der Waals surface area contributed by atoms with Gasteiger partial charge in [-0.15, -0.1) is 0 Å². The van der Waals surface area contributed by atoms with Gasteiger partial charge in [0.2, 0.25) is 0 Å². The third-order valence-corrected chi connectivity index (χ3v) is 3.68. The van der Waals surface area contributed by atoms with Crippen LogP contribution in [0.2, 0.25) is 0 Å². The summed E-state index contributed by atoms with van der Waals surface area (Å²) in [4.78, 5) is 0. The molecule has 1 atom stereocenters. The van der Waals surface area contributed by atoms with Gasteiger partial charge in [-0.05, 0) is 44.4 Å². The second kappa shape index (κ2) is 3.25. The Balaban J connectivity index is 1.69. The molecule has 2 saturated carbocycles. The van der Waals surface area contributed by atoms with Crippen molar-refractivity contribution in [1.82, 2.24) is 10.4 Å². The fraction of sp³-hybridized carbons (Fsp3) is 1.00. The van der Waals surface area contributed by atoms with Crippen LogP contribution in [-0.4, -0.2) is 23.6 Å². The molecule has 0 aromatic carbocycles. The van der Waals surface area contributed by atoms with Crippen LogP contribution >= 0.6 is 0 Å². The zero-order chi connectivity index (χ0) is 8.67. The molecule has 3 aliphatic rings. The molecule has 0 bridgehead atoms. The van der Waals surface area contributed by atoms with E-state index in [0.29, 0.717) is 0 Å². The van der Waals surface area contributed by atoms with E-state index in [9.17, 15) is 0 Å². The summed E-state index contributed by atoms with van der Waals surface area (Å²) in [6.45, 7) is 1.22. The van der Waals surface area contributed by atoms with Gasteiger partial charge in [0.1, 0.15) is 0 Å². The summed E-state index contributed by atoms with van der Waals surface area (Å²) in [6, 6.07) is 1.80. The van der Waals surface area contributed by atoms with Crippen LogP contribution < -0.4 is 5.43 Å². The number of nitrogens with one attached hydrogen (secondary N) is 1. The predicted molar refractivity (Wildman–Crippen MR) is 53.2 cm³/mol. The molecule has 2 heteroatoms. The summed E-state index contributed by atoms with van der Waals surface area (Å²) >= 11 is 0. The van der Waals surface area contributed by atoms with Crippen LogP contribution in [0.15, 0.2) is 0 Å². The molecule has 0 aromatic heterocycles. The highest BCUT2D eigenvalue weighted by Crippen LogP contribution is 2.41. The molecule has 74 valence electrons. The number of nitrogens with zero attached hydrogens (tertiary/aromatic N) is 1. The minimum Gasteiger partial charge on any atom is -0.255 e. The third-order valence-electron chi connectivity index (χ3n) is 3.68. The smallest absolute Gasteiger partial charge is 0.0274 e. The Morgan fingerprint density at radius 1 is 0.923 bits per heavy atom. The van der Waals surface area contributed by atoms with Gasteiger partial charge in [0.25, 0.3) is 0 Å². The molecule has 0 aromatic rings. The fourth-order valence-corrected chi connectivity index (χ4v) is 2.64. The van der Waals surface area contributed by atoms with Crippen molar-refractivity contribution < 1.29 is 0 Å². The van der Waals surface area contributed by atoms with E-state index in [1.165, 1.54) is 51.5 Å². The van der Waals surface area contributed by atoms with Crippen LogP contribution in [0.25, 0.3) is 0 Å². The lowest BCUT2D eigenvalue weighted by Gasteiger charge is -2.30. The summed E-state index contributed by atoms with van der Waals surface area (Å²) in [5.41, 5.74) is 3.65. The second-order valence-electron chi connectivity index (χ2n) is 4.95. The first-order chi connectivity index (χ1) is 6.45. The maximum atomic E-state index is 3.65. The minimum atomic E-state index is 0.898. The largest absolute Gasteiger partial charge is 0.255 e. The first-order valence-corrected chi connectivity index (χ1v) is 5.97. The van der Waals surface area contributed by atoms with E-state index in [1.807, 2.05) is 0 Å². The molecule has 3 rings (SSSR count). The van der Waals surface area contributed by atoms with E-state index >= 15 is 0 Å². The van der Waals surface area contributed by atoms with E-state index in [4.69, 9.17) is 0 Å². The van der Waals surface area contributed by atoms with E-state index in [2.05, 4.69) is 10.4 Å². The van der Waals surface area contributed by atoms with Crippen LogP contribution in [0.4, 0.5) is 0 Å². The molecule has 2 aliphatic carbocycles. The summed E-state index contributed by atoms with van der Waals surface area (Å²) in [6.07, 6.45) is 10.1. The molecule has 13 heavy (non-hydrogen) atoms. The molecule has 0 amide bonds. The van der Waals surface area contributed by atoms with E-state index in [1.54, 1.807) is 0 Å². The summed E-state index contributed by atoms with van der Waals surface area (Å²) < 4.78 is 0. The fourth-order valence-electron chi connectivity index (χ4n) is 2.64. The molecule has 1 unspecified atom stereocenters. The van der Waals surface area contributed by atoms with Gasteiger partial charge in [-0.2, -0.15) is 0 Å². The van der Waals surface area contributed by atoms with Crippen molar-refractivity contribution in [3.63, 3.8) is 0 Å². The van der Waals surface area contributed by atoms with Crippen LogP contribution in [0.5, 0.6) is 0 Å². The summed E-state index contributed by atoms with van der Waals surface area (Å²) in [7, 11) is 0. The molecule has 1 heterocycles. The molecule has 1 N–H and O–H groups in total. The van der Waals surface area contributed by atoms with Crippen molar-refractivity contribution in [2.24, 2.45) is 5.92 Å². The van der Waals surface area contributed by atoms with Gasteiger partial charge in [-0.25, -0.2) is 5.01 Å². The van der Waals surface area contributed by atoms with Crippen LogP contribution in [-0.2, 0) is 0 Å². The molecular weight excluding hydrogens is 160 g/mol. The summed E-state index contributed by atoms with van der Waals surface area (Å²) in [5, 5.41) is 2.63. The Labute approximate surface area is 80.7 Å². The molecule has 0 spiro atoms. The van der Waals surface area contributed by atoms with Gasteiger partial charge in [-0.1, -0.05) is 6.42 Å². The highest BCUT2D eigenvalue weighted by molar-refractivity contribution is 4.94. The molecule has 2 nitrogen and oxygen atoms in total. The normalized spacial score (nSPS) is 37.4. The molecule has 0 radical (unpaired) electrons. The van der Waals surface area contributed by atoms with E-state index < -0.39 is 0 Å². The second-order valence-corrected chi connectivity index (χ2v) is 4.95. The number of hydrazine groups is 1. The van der Waals surface area contributed by atoms with Crippen molar-refractivity contribution in [2.45, 2.75) is 57.0 Å². The lowest BCUT2D eigenvalue weighted by atomic mass is 10.1. The van der Waals surface area contributed by atoms with Crippen molar-refractivity contribution in [1.29, 1.82) is 0 Å². The van der Waals surface area contributed by atoms with Gasteiger partial charge >= 0.3 is 0 Å². The predicted octanol–water partition coefficient (Wildman–Crippen LogP) is 1.92. The highest BCUT2D eigenvalue weighted by atomic mass is 15.5. The van der Waals surface area contributed by atoms with Crippen LogP contribution in [0.3, 0.4) is 0 Å². The van der Waals surface area contributed by atoms with E-state index in [0.717, 1.165) is 18.0 Å². The molecular formula is C11H20N2. The van der Waals surface area contributed by atoms with Gasteiger partial charge < -0.3 is 0 Å². The van der Waals surface area contributed by atoms with Gasteiger partial charge in [0, 0.05) is 18.6 Å². The standard InChI is InChI=1S/C11H20N2/c1-2-8-12-13(10-6-7-10)11(3-1)9-4-5-9/h9-12H,1-8H2. The minimum absolute atomic E-state index is 0.898. The SMILES string of the molecule is C1CCC(C2CC2)N(C2CC2)NC1. The highest BCUT2D eigenvalue weighted by Gasteiger charge is 2.41.